The molecule has 0 fully saturated rings. The molecule has 1 amide bonds. The molecule has 0 radical (unpaired) electrons. The number of benzene rings is 1. The van der Waals surface area contributed by atoms with E-state index in [-0.39, 0.29) is 30.9 Å². The van der Waals surface area contributed by atoms with Crippen LogP contribution in [0.5, 0.6) is 0 Å². The molecule has 158 valence electrons. The molecule has 0 saturated carbocycles. The highest BCUT2D eigenvalue weighted by Crippen LogP contribution is 2.29. The number of aromatic nitrogens is 4. The lowest BCUT2D eigenvalue weighted by molar-refractivity contribution is -0.138. The van der Waals surface area contributed by atoms with Crippen LogP contribution < -0.4 is 5.32 Å². The number of carboxylic acids is 1. The standard InChI is InChI=1S/C19H18F3N5O3/c1-12-7-16(24-18(30)14-9-23-26(11-14)6-5-17(28)29)25-27(12)10-13-3-2-4-15(8-13)19(20,21)22/h2-4,7-9,11H,5-6,10H2,1H3,(H,28,29)(H,24,25,30). The molecule has 3 aromatic rings. The predicted molar refractivity (Wildman–Crippen MR) is 99.9 cm³/mol. The van der Waals surface area contributed by atoms with Gasteiger partial charge in [0.05, 0.1) is 36.8 Å². The lowest BCUT2D eigenvalue weighted by Gasteiger charge is -2.09. The highest BCUT2D eigenvalue weighted by Gasteiger charge is 2.30. The molecule has 11 heteroatoms. The fourth-order valence-electron chi connectivity index (χ4n) is 2.75. The molecule has 0 atom stereocenters. The van der Waals surface area contributed by atoms with Gasteiger partial charge in [0.15, 0.2) is 5.82 Å². The van der Waals surface area contributed by atoms with Crippen LogP contribution >= 0.6 is 0 Å². The third-order valence-electron chi connectivity index (χ3n) is 4.26. The van der Waals surface area contributed by atoms with Crippen LogP contribution in [-0.4, -0.2) is 36.5 Å². The van der Waals surface area contributed by atoms with Crippen molar-refractivity contribution in [3.8, 4) is 0 Å². The van der Waals surface area contributed by atoms with Gasteiger partial charge in [-0.1, -0.05) is 12.1 Å². The number of rotatable bonds is 7. The van der Waals surface area contributed by atoms with E-state index in [2.05, 4.69) is 15.5 Å². The molecule has 8 nitrogen and oxygen atoms in total. The van der Waals surface area contributed by atoms with Crippen molar-refractivity contribution in [2.75, 3.05) is 5.32 Å². The van der Waals surface area contributed by atoms with Gasteiger partial charge in [0.2, 0.25) is 0 Å². The van der Waals surface area contributed by atoms with Gasteiger partial charge in [-0.05, 0) is 24.6 Å². The van der Waals surface area contributed by atoms with Crippen molar-refractivity contribution in [1.29, 1.82) is 0 Å². The number of nitrogens with zero attached hydrogens (tertiary/aromatic N) is 4. The Hall–Kier alpha value is -3.63. The second kappa shape index (κ2) is 8.39. The van der Waals surface area contributed by atoms with Crippen LogP contribution in [-0.2, 0) is 24.1 Å². The van der Waals surface area contributed by atoms with E-state index >= 15 is 0 Å². The third kappa shape index (κ3) is 5.25. The summed E-state index contributed by atoms with van der Waals surface area (Å²) in [5, 5.41) is 19.4. The normalized spacial score (nSPS) is 11.5. The number of amides is 1. The molecule has 0 aliphatic carbocycles. The number of hydrogen-bond acceptors (Lipinski definition) is 4. The Bertz CT molecular complexity index is 1070. The first-order valence-electron chi connectivity index (χ1n) is 8.88. The quantitative estimate of drug-likeness (QED) is 0.610. The monoisotopic (exact) mass is 421 g/mol. The third-order valence-corrected chi connectivity index (χ3v) is 4.26. The van der Waals surface area contributed by atoms with Crippen molar-refractivity contribution < 1.29 is 27.9 Å². The van der Waals surface area contributed by atoms with Crippen LogP contribution in [0.4, 0.5) is 19.0 Å². The van der Waals surface area contributed by atoms with Crippen LogP contribution in [0, 0.1) is 6.92 Å². The molecule has 0 aliphatic heterocycles. The Morgan fingerprint density at radius 2 is 2.00 bits per heavy atom. The first kappa shape index (κ1) is 21.1. The number of alkyl halides is 3. The van der Waals surface area contributed by atoms with Crippen LogP contribution in [0.2, 0.25) is 0 Å². The molecule has 2 aromatic heterocycles. The van der Waals surface area contributed by atoms with Gasteiger partial charge >= 0.3 is 12.1 Å². The van der Waals surface area contributed by atoms with Gasteiger partial charge in [0.1, 0.15) is 0 Å². The fourth-order valence-corrected chi connectivity index (χ4v) is 2.75. The second-order valence-electron chi connectivity index (χ2n) is 6.62. The highest BCUT2D eigenvalue weighted by atomic mass is 19.4. The van der Waals surface area contributed by atoms with E-state index in [1.807, 2.05) is 0 Å². The van der Waals surface area contributed by atoms with Crippen LogP contribution in [0.15, 0.2) is 42.7 Å². The molecule has 0 spiro atoms. The SMILES string of the molecule is Cc1cc(NC(=O)c2cnn(CCC(=O)O)c2)nn1Cc1cccc(C(F)(F)F)c1. The molecule has 0 saturated heterocycles. The van der Waals surface area contributed by atoms with Gasteiger partial charge in [0.25, 0.3) is 5.91 Å². The smallest absolute Gasteiger partial charge is 0.416 e. The van der Waals surface area contributed by atoms with Gasteiger partial charge in [-0.15, -0.1) is 0 Å². The minimum atomic E-state index is -4.43. The summed E-state index contributed by atoms with van der Waals surface area (Å²) in [6.07, 6.45) is -1.82. The lowest BCUT2D eigenvalue weighted by Crippen LogP contribution is -2.12. The maximum atomic E-state index is 12.9. The zero-order valence-electron chi connectivity index (χ0n) is 15.8. The van der Waals surface area contributed by atoms with Crippen LogP contribution in [0.25, 0.3) is 0 Å². The molecular weight excluding hydrogens is 403 g/mol. The summed E-state index contributed by atoms with van der Waals surface area (Å²) in [5.41, 5.74) is 0.567. The summed E-state index contributed by atoms with van der Waals surface area (Å²) in [4.78, 5) is 22.9. The Kier molecular flexibility index (Phi) is 5.90. The number of carbonyl (C=O) groups is 2. The molecule has 30 heavy (non-hydrogen) atoms. The van der Waals surface area contributed by atoms with E-state index in [4.69, 9.17) is 5.11 Å². The molecule has 1 aromatic carbocycles. The second-order valence-corrected chi connectivity index (χ2v) is 6.62. The summed E-state index contributed by atoms with van der Waals surface area (Å²) in [6.45, 7) is 1.96. The van der Waals surface area contributed by atoms with E-state index in [9.17, 15) is 22.8 Å². The summed E-state index contributed by atoms with van der Waals surface area (Å²) in [6, 6.07) is 6.56. The first-order valence-corrected chi connectivity index (χ1v) is 8.88. The minimum Gasteiger partial charge on any atom is -0.481 e. The zero-order chi connectivity index (χ0) is 21.9. The number of halogens is 3. The van der Waals surface area contributed by atoms with E-state index in [1.54, 1.807) is 19.1 Å². The van der Waals surface area contributed by atoms with Crippen LogP contribution in [0.1, 0.15) is 33.6 Å². The molecule has 2 N–H and O–H groups in total. The maximum absolute atomic E-state index is 12.9. The van der Waals surface area contributed by atoms with Gasteiger partial charge in [0, 0.05) is 18.0 Å². The van der Waals surface area contributed by atoms with Gasteiger partial charge in [-0.3, -0.25) is 19.0 Å². The number of carboxylic acid groups (broad SMARTS) is 1. The van der Waals surface area contributed by atoms with Crippen molar-refractivity contribution >= 4 is 17.7 Å². The van der Waals surface area contributed by atoms with E-state index in [1.165, 1.54) is 27.8 Å². The molecule has 2 heterocycles. The average Bonchev–Trinajstić information content (AvgIpc) is 3.27. The molecular formula is C19H18F3N5O3. The highest BCUT2D eigenvalue weighted by molar-refractivity contribution is 6.03. The predicted octanol–water partition coefficient (Wildman–Crippen LogP) is 3.18. The van der Waals surface area contributed by atoms with Gasteiger partial charge < -0.3 is 10.4 Å². The average molecular weight is 421 g/mol. The maximum Gasteiger partial charge on any atom is 0.416 e. The zero-order valence-corrected chi connectivity index (χ0v) is 15.8. The van der Waals surface area contributed by atoms with Crippen molar-refractivity contribution in [2.45, 2.75) is 32.6 Å². The molecule has 0 bridgehead atoms. The Labute approximate surface area is 168 Å². The van der Waals surface area contributed by atoms with Crippen molar-refractivity contribution in [1.82, 2.24) is 19.6 Å². The number of aliphatic carboxylic acids is 1. The number of aryl methyl sites for hydroxylation is 2. The Balaban J connectivity index is 1.68. The topological polar surface area (TPSA) is 102 Å². The summed E-state index contributed by atoms with van der Waals surface area (Å²) in [7, 11) is 0. The van der Waals surface area contributed by atoms with Crippen molar-refractivity contribution in [3.63, 3.8) is 0 Å². The summed E-state index contributed by atoms with van der Waals surface area (Å²) < 4.78 is 41.5. The van der Waals surface area contributed by atoms with E-state index in [0.717, 1.165) is 12.1 Å². The molecule has 3 rings (SSSR count). The van der Waals surface area contributed by atoms with Crippen molar-refractivity contribution in [2.24, 2.45) is 0 Å². The Morgan fingerprint density at radius 1 is 1.23 bits per heavy atom. The van der Waals surface area contributed by atoms with E-state index < -0.39 is 23.6 Å². The number of hydrogen-bond donors (Lipinski definition) is 2. The summed E-state index contributed by atoms with van der Waals surface area (Å²) in [5.74, 6) is -1.22. The number of anilines is 1. The fraction of sp³-hybridized carbons (Fsp3) is 0.263. The summed E-state index contributed by atoms with van der Waals surface area (Å²) >= 11 is 0. The minimum absolute atomic E-state index is 0.110. The number of carbonyl (C=O) groups excluding carboxylic acids is 1. The molecule has 0 aliphatic rings. The van der Waals surface area contributed by atoms with E-state index in [0.29, 0.717) is 11.3 Å². The Morgan fingerprint density at radius 3 is 2.70 bits per heavy atom. The number of nitrogens with one attached hydrogen (secondary N) is 1. The van der Waals surface area contributed by atoms with Gasteiger partial charge in [-0.25, -0.2) is 0 Å². The van der Waals surface area contributed by atoms with Gasteiger partial charge in [-0.2, -0.15) is 23.4 Å². The lowest BCUT2D eigenvalue weighted by atomic mass is 10.1. The van der Waals surface area contributed by atoms with Crippen molar-refractivity contribution in [3.05, 3.63) is 65.1 Å². The van der Waals surface area contributed by atoms with Crippen LogP contribution in [0.3, 0.4) is 0 Å². The largest absolute Gasteiger partial charge is 0.481 e. The molecule has 0 unspecified atom stereocenters. The first-order chi connectivity index (χ1) is 14.1.